The molecular formula is C13H17NO2. The number of carbonyl (C=O) groups is 1. The predicted octanol–water partition coefficient (Wildman–Crippen LogP) is 1.81. The molecule has 1 saturated heterocycles. The van der Waals surface area contributed by atoms with Crippen LogP contribution in [0, 0.1) is 5.92 Å². The topological polar surface area (TPSA) is 40.5 Å². The standard InChI is InChI=1S/C13H17NO2/c1-13(2)10(9-15)8-12(16)14(13)11-6-4-3-5-7-11/h3-7,10,15H,8-9H2,1-2H3. The van der Waals surface area contributed by atoms with E-state index >= 15 is 0 Å². The summed E-state index contributed by atoms with van der Waals surface area (Å²) in [6.45, 7) is 4.07. The van der Waals surface area contributed by atoms with E-state index in [0.29, 0.717) is 6.42 Å². The van der Waals surface area contributed by atoms with Crippen molar-refractivity contribution in [3.63, 3.8) is 0 Å². The van der Waals surface area contributed by atoms with Crippen molar-refractivity contribution in [3.8, 4) is 0 Å². The molecule has 1 atom stereocenters. The zero-order chi connectivity index (χ0) is 11.8. The van der Waals surface area contributed by atoms with Crippen molar-refractivity contribution in [3.05, 3.63) is 30.3 Å². The molecule has 0 aliphatic carbocycles. The van der Waals surface area contributed by atoms with Gasteiger partial charge >= 0.3 is 0 Å². The first-order valence-corrected chi connectivity index (χ1v) is 5.56. The summed E-state index contributed by atoms with van der Waals surface area (Å²) in [6, 6.07) is 9.63. The number of nitrogens with zero attached hydrogens (tertiary/aromatic N) is 1. The van der Waals surface area contributed by atoms with Crippen LogP contribution >= 0.6 is 0 Å². The summed E-state index contributed by atoms with van der Waals surface area (Å²) in [5.74, 6) is 0.107. The van der Waals surface area contributed by atoms with Gasteiger partial charge in [-0.15, -0.1) is 0 Å². The van der Waals surface area contributed by atoms with E-state index in [2.05, 4.69) is 0 Å². The third kappa shape index (κ3) is 1.61. The molecule has 86 valence electrons. The number of amides is 1. The molecule has 1 unspecified atom stereocenters. The highest BCUT2D eigenvalue weighted by atomic mass is 16.3. The molecule has 3 heteroatoms. The van der Waals surface area contributed by atoms with E-state index in [9.17, 15) is 9.90 Å². The second-order valence-electron chi connectivity index (χ2n) is 4.80. The first-order chi connectivity index (χ1) is 7.57. The van der Waals surface area contributed by atoms with E-state index in [4.69, 9.17) is 0 Å². The number of aliphatic hydroxyl groups excluding tert-OH is 1. The van der Waals surface area contributed by atoms with Gasteiger partial charge < -0.3 is 10.0 Å². The van der Waals surface area contributed by atoms with Gasteiger partial charge in [0.05, 0.1) is 0 Å². The van der Waals surface area contributed by atoms with Crippen molar-refractivity contribution in [2.75, 3.05) is 11.5 Å². The Bertz CT molecular complexity index is 386. The molecule has 1 aromatic rings. The number of aliphatic hydroxyl groups is 1. The van der Waals surface area contributed by atoms with Gasteiger partial charge in [0.1, 0.15) is 0 Å². The molecule has 0 saturated carbocycles. The Hall–Kier alpha value is -1.35. The van der Waals surface area contributed by atoms with Crippen molar-refractivity contribution >= 4 is 11.6 Å². The van der Waals surface area contributed by atoms with E-state index < -0.39 is 0 Å². The minimum absolute atomic E-state index is 0.0141. The van der Waals surface area contributed by atoms with Gasteiger partial charge in [-0.25, -0.2) is 0 Å². The molecule has 2 rings (SSSR count). The van der Waals surface area contributed by atoms with Crippen LogP contribution in [0.4, 0.5) is 5.69 Å². The van der Waals surface area contributed by atoms with Gasteiger partial charge in [-0.05, 0) is 26.0 Å². The number of anilines is 1. The maximum Gasteiger partial charge on any atom is 0.227 e. The Morgan fingerprint density at radius 2 is 2.00 bits per heavy atom. The van der Waals surface area contributed by atoms with E-state index in [1.165, 1.54) is 0 Å². The number of rotatable bonds is 2. The first kappa shape index (κ1) is 11.1. The van der Waals surface area contributed by atoms with Crippen molar-refractivity contribution in [1.29, 1.82) is 0 Å². The lowest BCUT2D eigenvalue weighted by atomic mass is 9.89. The summed E-state index contributed by atoms with van der Waals surface area (Å²) in [7, 11) is 0. The molecule has 16 heavy (non-hydrogen) atoms. The minimum Gasteiger partial charge on any atom is -0.396 e. The van der Waals surface area contributed by atoms with Gasteiger partial charge in [-0.1, -0.05) is 18.2 Å². The molecule has 0 radical (unpaired) electrons. The fourth-order valence-electron chi connectivity index (χ4n) is 2.40. The summed E-state index contributed by atoms with van der Waals surface area (Å²) < 4.78 is 0. The molecule has 3 nitrogen and oxygen atoms in total. The Morgan fingerprint density at radius 3 is 2.50 bits per heavy atom. The van der Waals surface area contributed by atoms with Gasteiger partial charge in [0.15, 0.2) is 0 Å². The smallest absolute Gasteiger partial charge is 0.227 e. The highest BCUT2D eigenvalue weighted by molar-refractivity contribution is 5.97. The Kier molecular flexibility index (Phi) is 2.72. The van der Waals surface area contributed by atoms with Crippen LogP contribution in [0.5, 0.6) is 0 Å². The highest BCUT2D eigenvalue weighted by Crippen LogP contribution is 2.38. The van der Waals surface area contributed by atoms with Crippen LogP contribution in [0.15, 0.2) is 30.3 Å². The Balaban J connectivity index is 2.38. The molecule has 1 aliphatic heterocycles. The summed E-state index contributed by atoms with van der Waals surface area (Å²) >= 11 is 0. The van der Waals surface area contributed by atoms with Crippen LogP contribution in [-0.4, -0.2) is 23.2 Å². The lowest BCUT2D eigenvalue weighted by molar-refractivity contribution is -0.117. The van der Waals surface area contributed by atoms with Crippen LogP contribution in [-0.2, 0) is 4.79 Å². The van der Waals surface area contributed by atoms with Gasteiger partial charge in [0.2, 0.25) is 5.91 Å². The van der Waals surface area contributed by atoms with E-state index in [1.54, 1.807) is 4.90 Å². The van der Waals surface area contributed by atoms with E-state index in [-0.39, 0.29) is 24.0 Å². The molecule has 1 heterocycles. The quantitative estimate of drug-likeness (QED) is 0.824. The van der Waals surface area contributed by atoms with E-state index in [0.717, 1.165) is 5.69 Å². The number of hydrogen-bond donors (Lipinski definition) is 1. The summed E-state index contributed by atoms with van der Waals surface area (Å²) in [6.07, 6.45) is 0.429. The third-order valence-corrected chi connectivity index (χ3v) is 3.48. The molecule has 1 amide bonds. The van der Waals surface area contributed by atoms with Gasteiger partial charge in [-0.3, -0.25) is 4.79 Å². The van der Waals surface area contributed by atoms with Crippen LogP contribution in [0.2, 0.25) is 0 Å². The second-order valence-corrected chi connectivity index (χ2v) is 4.80. The lowest BCUT2D eigenvalue weighted by Crippen LogP contribution is -2.45. The predicted molar refractivity (Wildman–Crippen MR) is 63.2 cm³/mol. The maximum atomic E-state index is 12.0. The average Bonchev–Trinajstić information content (AvgIpc) is 2.49. The first-order valence-electron chi connectivity index (χ1n) is 5.56. The number of para-hydroxylation sites is 1. The molecule has 1 aromatic carbocycles. The van der Waals surface area contributed by atoms with Crippen molar-refractivity contribution in [1.82, 2.24) is 0 Å². The molecule has 1 aliphatic rings. The van der Waals surface area contributed by atoms with Crippen LogP contribution < -0.4 is 4.90 Å². The lowest BCUT2D eigenvalue weighted by Gasteiger charge is -2.35. The van der Waals surface area contributed by atoms with Crippen LogP contribution in [0.25, 0.3) is 0 Å². The summed E-state index contributed by atoms with van der Waals surface area (Å²) in [5.41, 5.74) is 0.598. The number of carbonyl (C=O) groups excluding carboxylic acids is 1. The van der Waals surface area contributed by atoms with Crippen molar-refractivity contribution in [2.24, 2.45) is 5.92 Å². The zero-order valence-electron chi connectivity index (χ0n) is 9.68. The Labute approximate surface area is 95.7 Å². The maximum absolute atomic E-state index is 12.0. The highest BCUT2D eigenvalue weighted by Gasteiger charge is 2.46. The number of benzene rings is 1. The largest absolute Gasteiger partial charge is 0.396 e. The molecule has 1 fully saturated rings. The monoisotopic (exact) mass is 219 g/mol. The normalized spacial score (nSPS) is 23.8. The average molecular weight is 219 g/mol. The van der Waals surface area contributed by atoms with Crippen LogP contribution in [0.3, 0.4) is 0 Å². The van der Waals surface area contributed by atoms with Gasteiger partial charge in [0, 0.05) is 30.2 Å². The molecule has 0 aromatic heterocycles. The van der Waals surface area contributed by atoms with Gasteiger partial charge in [0.25, 0.3) is 0 Å². The molecular weight excluding hydrogens is 202 g/mol. The Morgan fingerprint density at radius 1 is 1.38 bits per heavy atom. The minimum atomic E-state index is -0.312. The second kappa shape index (κ2) is 3.91. The van der Waals surface area contributed by atoms with Crippen molar-refractivity contribution in [2.45, 2.75) is 25.8 Å². The molecule has 0 spiro atoms. The summed E-state index contributed by atoms with van der Waals surface area (Å²) in [4.78, 5) is 13.8. The third-order valence-electron chi connectivity index (χ3n) is 3.48. The SMILES string of the molecule is CC1(C)C(CO)CC(=O)N1c1ccccc1. The fraction of sp³-hybridized carbons (Fsp3) is 0.462. The fourth-order valence-corrected chi connectivity index (χ4v) is 2.40. The van der Waals surface area contributed by atoms with E-state index in [1.807, 2.05) is 44.2 Å². The molecule has 0 bridgehead atoms. The van der Waals surface area contributed by atoms with Crippen LogP contribution in [0.1, 0.15) is 20.3 Å². The zero-order valence-corrected chi connectivity index (χ0v) is 9.68. The van der Waals surface area contributed by atoms with Gasteiger partial charge in [-0.2, -0.15) is 0 Å². The number of hydrogen-bond acceptors (Lipinski definition) is 2. The van der Waals surface area contributed by atoms with Crippen molar-refractivity contribution < 1.29 is 9.90 Å². The summed E-state index contributed by atoms with van der Waals surface area (Å²) in [5, 5.41) is 9.31. The molecule has 1 N–H and O–H groups in total.